The lowest BCUT2D eigenvalue weighted by atomic mass is 10.1. The van der Waals surface area contributed by atoms with Crippen molar-refractivity contribution < 1.29 is 19.1 Å². The van der Waals surface area contributed by atoms with E-state index in [4.69, 9.17) is 32.7 Å². The van der Waals surface area contributed by atoms with Gasteiger partial charge in [-0.2, -0.15) is 0 Å². The third-order valence-corrected chi connectivity index (χ3v) is 7.36. The Morgan fingerprint density at radius 1 is 0.941 bits per heavy atom. The minimum atomic E-state index is -0.313. The Morgan fingerprint density at radius 3 is 2.38 bits per heavy atom. The first-order valence-corrected chi connectivity index (χ1v) is 12.7. The maximum atomic E-state index is 12.9. The van der Waals surface area contributed by atoms with Crippen LogP contribution in [0.15, 0.2) is 65.6 Å². The molecule has 5 nitrogen and oxygen atoms in total. The van der Waals surface area contributed by atoms with Gasteiger partial charge in [-0.1, -0.05) is 47.5 Å². The van der Waals surface area contributed by atoms with Gasteiger partial charge in [0.1, 0.15) is 6.61 Å². The van der Waals surface area contributed by atoms with E-state index in [1.807, 2.05) is 30.3 Å². The van der Waals surface area contributed by atoms with Crippen LogP contribution in [-0.2, 0) is 17.9 Å². The lowest BCUT2D eigenvalue weighted by molar-refractivity contribution is -0.123. The number of rotatable bonds is 7. The van der Waals surface area contributed by atoms with E-state index < -0.39 is 0 Å². The van der Waals surface area contributed by atoms with Gasteiger partial charge < -0.3 is 9.47 Å². The number of imide groups is 1. The van der Waals surface area contributed by atoms with E-state index >= 15 is 0 Å². The molecule has 0 radical (unpaired) electrons. The fourth-order valence-electron chi connectivity index (χ4n) is 3.24. The van der Waals surface area contributed by atoms with Crippen LogP contribution in [0, 0.1) is 3.57 Å². The summed E-state index contributed by atoms with van der Waals surface area (Å²) in [6.07, 6.45) is 1.68. The highest BCUT2D eigenvalue weighted by Gasteiger charge is 2.35. The average molecular weight is 626 g/mol. The molecule has 34 heavy (non-hydrogen) atoms. The number of carbonyl (C=O) groups is 2. The summed E-state index contributed by atoms with van der Waals surface area (Å²) in [4.78, 5) is 26.9. The standard InChI is InChI=1S/C25H18Cl2INO4S/c1-32-22-11-16(5-9-21(22)33-14-17-4-8-19(26)20(27)10-17)12-23-24(30)29(25(31)34-23)13-15-2-6-18(28)7-3-15/h2-12H,13-14H2,1H3/b23-12-. The summed E-state index contributed by atoms with van der Waals surface area (Å²) >= 11 is 15.2. The minimum absolute atomic E-state index is 0.240. The SMILES string of the molecule is COc1cc(/C=C2\SC(=O)N(Cc3ccc(I)cc3)C2=O)ccc1OCc1ccc(Cl)c(Cl)c1. The zero-order valence-electron chi connectivity index (χ0n) is 17.9. The minimum Gasteiger partial charge on any atom is -0.493 e. The highest BCUT2D eigenvalue weighted by atomic mass is 127. The highest BCUT2D eigenvalue weighted by molar-refractivity contribution is 14.1. The molecule has 1 aliphatic heterocycles. The van der Waals surface area contributed by atoms with Crippen LogP contribution >= 0.6 is 57.6 Å². The van der Waals surface area contributed by atoms with Crippen LogP contribution in [0.4, 0.5) is 4.79 Å². The summed E-state index contributed by atoms with van der Waals surface area (Å²) in [5, 5.41) is 0.652. The molecule has 2 amide bonds. The molecular formula is C25H18Cl2INO4S. The van der Waals surface area contributed by atoms with Crippen LogP contribution in [0.2, 0.25) is 10.0 Å². The van der Waals surface area contributed by atoms with Gasteiger partial charge in [-0.15, -0.1) is 0 Å². The Balaban J connectivity index is 1.47. The monoisotopic (exact) mass is 625 g/mol. The van der Waals surface area contributed by atoms with E-state index in [9.17, 15) is 9.59 Å². The van der Waals surface area contributed by atoms with Crippen molar-refractivity contribution in [2.75, 3.05) is 7.11 Å². The van der Waals surface area contributed by atoms with E-state index in [0.717, 1.165) is 32.0 Å². The number of methoxy groups -OCH3 is 1. The second kappa shape index (κ2) is 11.0. The molecule has 0 saturated carbocycles. The van der Waals surface area contributed by atoms with Crippen LogP contribution in [0.5, 0.6) is 11.5 Å². The molecule has 0 N–H and O–H groups in total. The first kappa shape index (κ1) is 24.9. The molecule has 1 heterocycles. The quantitative estimate of drug-likeness (QED) is 0.202. The molecule has 9 heteroatoms. The van der Waals surface area contributed by atoms with Gasteiger partial charge >= 0.3 is 0 Å². The van der Waals surface area contributed by atoms with Crippen molar-refractivity contribution in [1.82, 2.24) is 4.90 Å². The smallest absolute Gasteiger partial charge is 0.293 e. The molecule has 1 saturated heterocycles. The number of benzene rings is 3. The normalized spacial score (nSPS) is 14.7. The van der Waals surface area contributed by atoms with Crippen molar-refractivity contribution in [2.45, 2.75) is 13.2 Å². The molecule has 0 aliphatic carbocycles. The Bertz CT molecular complexity index is 1280. The van der Waals surface area contributed by atoms with Gasteiger partial charge in [0.05, 0.1) is 28.6 Å². The number of hydrogen-bond donors (Lipinski definition) is 0. The number of halogens is 3. The predicted molar refractivity (Wildman–Crippen MR) is 144 cm³/mol. The van der Waals surface area contributed by atoms with Crippen LogP contribution < -0.4 is 9.47 Å². The Morgan fingerprint density at radius 2 is 1.68 bits per heavy atom. The molecule has 1 aliphatic rings. The third-order valence-electron chi connectivity index (χ3n) is 4.99. The number of ether oxygens (including phenoxy) is 2. The lowest BCUT2D eigenvalue weighted by Gasteiger charge is -2.13. The number of amides is 2. The average Bonchev–Trinajstić information content (AvgIpc) is 3.08. The molecule has 0 aromatic heterocycles. The van der Waals surface area contributed by atoms with Gasteiger partial charge in [0.15, 0.2) is 11.5 Å². The van der Waals surface area contributed by atoms with Gasteiger partial charge in [0, 0.05) is 3.57 Å². The topological polar surface area (TPSA) is 55.8 Å². The summed E-state index contributed by atoms with van der Waals surface area (Å²) in [5.74, 6) is 0.733. The van der Waals surface area contributed by atoms with E-state index in [1.54, 1.807) is 43.5 Å². The molecule has 174 valence electrons. The molecular weight excluding hydrogens is 608 g/mol. The summed E-state index contributed by atoms with van der Waals surface area (Å²) in [6, 6.07) is 18.3. The summed E-state index contributed by atoms with van der Waals surface area (Å²) in [7, 11) is 1.54. The van der Waals surface area contributed by atoms with Gasteiger partial charge in [-0.25, -0.2) is 0 Å². The van der Waals surface area contributed by atoms with Gasteiger partial charge in [-0.3, -0.25) is 14.5 Å². The van der Waals surface area contributed by atoms with Crippen molar-refractivity contribution in [3.05, 3.63) is 95.9 Å². The Hall–Kier alpha value is -2.20. The number of thioether (sulfide) groups is 1. The highest BCUT2D eigenvalue weighted by Crippen LogP contribution is 2.35. The lowest BCUT2D eigenvalue weighted by Crippen LogP contribution is -2.27. The van der Waals surface area contributed by atoms with Crippen molar-refractivity contribution >= 4 is 74.8 Å². The first-order chi connectivity index (χ1) is 16.3. The predicted octanol–water partition coefficient (Wildman–Crippen LogP) is 7.42. The molecule has 4 rings (SSSR count). The first-order valence-electron chi connectivity index (χ1n) is 10.1. The zero-order valence-corrected chi connectivity index (χ0v) is 22.4. The number of hydrogen-bond acceptors (Lipinski definition) is 5. The maximum absolute atomic E-state index is 12.9. The summed E-state index contributed by atoms with van der Waals surface area (Å²) < 4.78 is 12.4. The number of carbonyl (C=O) groups excluding carboxylic acids is 2. The molecule has 1 fully saturated rings. The van der Waals surface area contributed by atoms with Gasteiger partial charge in [0.25, 0.3) is 11.1 Å². The van der Waals surface area contributed by atoms with Crippen molar-refractivity contribution in [2.24, 2.45) is 0 Å². The van der Waals surface area contributed by atoms with Gasteiger partial charge in [-0.05, 0) is 93.5 Å². The molecule has 0 unspecified atom stereocenters. The summed E-state index contributed by atoms with van der Waals surface area (Å²) in [5.41, 5.74) is 2.48. The second-order valence-corrected chi connectivity index (χ2v) is 10.4. The largest absolute Gasteiger partial charge is 0.493 e. The van der Waals surface area contributed by atoms with Crippen LogP contribution in [0.1, 0.15) is 16.7 Å². The fourth-order valence-corrected chi connectivity index (χ4v) is 4.76. The fraction of sp³-hybridized carbons (Fsp3) is 0.120. The second-order valence-electron chi connectivity index (χ2n) is 7.34. The van der Waals surface area contributed by atoms with E-state index in [2.05, 4.69) is 22.6 Å². The number of nitrogens with zero attached hydrogens (tertiary/aromatic N) is 1. The Labute approximate surface area is 225 Å². The third kappa shape index (κ3) is 5.89. The maximum Gasteiger partial charge on any atom is 0.293 e. The van der Waals surface area contributed by atoms with E-state index in [-0.39, 0.29) is 24.3 Å². The molecule has 3 aromatic rings. The van der Waals surface area contributed by atoms with Crippen LogP contribution in [0.25, 0.3) is 6.08 Å². The zero-order chi connectivity index (χ0) is 24.2. The molecule has 3 aromatic carbocycles. The summed E-state index contributed by atoms with van der Waals surface area (Å²) in [6.45, 7) is 0.522. The molecule has 0 atom stereocenters. The van der Waals surface area contributed by atoms with Crippen LogP contribution in [0.3, 0.4) is 0 Å². The van der Waals surface area contributed by atoms with Crippen molar-refractivity contribution in [3.8, 4) is 11.5 Å². The van der Waals surface area contributed by atoms with Crippen molar-refractivity contribution in [1.29, 1.82) is 0 Å². The molecule has 0 spiro atoms. The van der Waals surface area contributed by atoms with Gasteiger partial charge in [0.2, 0.25) is 0 Å². The van der Waals surface area contributed by atoms with Crippen LogP contribution in [-0.4, -0.2) is 23.2 Å². The van der Waals surface area contributed by atoms with Crippen molar-refractivity contribution in [3.63, 3.8) is 0 Å². The van der Waals surface area contributed by atoms with E-state index in [0.29, 0.717) is 26.4 Å². The van der Waals surface area contributed by atoms with E-state index in [1.165, 1.54) is 4.90 Å². The Kier molecular flexibility index (Phi) is 8.08. The molecule has 0 bridgehead atoms.